The molecule has 1 aliphatic rings. The summed E-state index contributed by atoms with van der Waals surface area (Å²) in [6.07, 6.45) is 4.44. The van der Waals surface area contributed by atoms with Crippen molar-refractivity contribution in [1.29, 1.82) is 0 Å². The monoisotopic (exact) mass is 446 g/mol. The molecule has 0 aliphatic carbocycles. The molecule has 0 bridgehead atoms. The quantitative estimate of drug-likeness (QED) is 0.649. The molecule has 2 heterocycles. The molecule has 4 rings (SSSR count). The van der Waals surface area contributed by atoms with Crippen molar-refractivity contribution in [3.05, 3.63) is 58.8 Å². The minimum absolute atomic E-state index is 0.212. The number of benzene rings is 2. The molecule has 2 aromatic carbocycles. The van der Waals surface area contributed by atoms with Gasteiger partial charge in [-0.05, 0) is 55.3 Å². The molecule has 0 saturated heterocycles. The predicted molar refractivity (Wildman–Crippen MR) is 108 cm³/mol. The van der Waals surface area contributed by atoms with Crippen molar-refractivity contribution in [3.63, 3.8) is 0 Å². The first kappa shape index (κ1) is 18.2. The standard InChI is InChI=1S/C19H19BrN4O2S/c20-15-5-4-6-17(13-15)27(25,26)23-16-10-8-14(9-11-16)19-22-21-18-7-2-1-3-12-24(18)19/h4-6,8-11,13,23H,1-3,7,12H2. The van der Waals surface area contributed by atoms with Gasteiger partial charge in [-0.15, -0.1) is 10.2 Å². The average Bonchev–Trinajstić information content (AvgIpc) is 2.90. The second-order valence-corrected chi connectivity index (χ2v) is 9.14. The number of nitrogens with one attached hydrogen (secondary N) is 1. The number of aromatic nitrogens is 3. The second kappa shape index (κ2) is 7.44. The van der Waals surface area contributed by atoms with Crippen LogP contribution in [0.3, 0.4) is 0 Å². The van der Waals surface area contributed by atoms with Crippen molar-refractivity contribution in [2.24, 2.45) is 0 Å². The molecule has 140 valence electrons. The number of rotatable bonds is 4. The first-order valence-corrected chi connectivity index (χ1v) is 11.1. The van der Waals surface area contributed by atoms with Crippen molar-refractivity contribution in [2.75, 3.05) is 4.72 Å². The Morgan fingerprint density at radius 1 is 1.00 bits per heavy atom. The van der Waals surface area contributed by atoms with E-state index in [2.05, 4.69) is 35.4 Å². The summed E-state index contributed by atoms with van der Waals surface area (Å²) in [6.45, 7) is 0.926. The van der Waals surface area contributed by atoms with E-state index in [-0.39, 0.29) is 4.90 Å². The van der Waals surface area contributed by atoms with E-state index in [4.69, 9.17) is 0 Å². The Balaban J connectivity index is 1.57. The van der Waals surface area contributed by atoms with Crippen LogP contribution in [0.25, 0.3) is 11.4 Å². The molecule has 3 aromatic rings. The second-order valence-electron chi connectivity index (χ2n) is 6.54. The van der Waals surface area contributed by atoms with Crippen LogP contribution in [-0.2, 0) is 23.0 Å². The minimum atomic E-state index is -3.63. The molecule has 0 fully saturated rings. The van der Waals surface area contributed by atoms with Crippen molar-refractivity contribution in [2.45, 2.75) is 37.1 Å². The van der Waals surface area contributed by atoms with Gasteiger partial charge in [0.05, 0.1) is 4.90 Å². The van der Waals surface area contributed by atoms with Gasteiger partial charge in [0.25, 0.3) is 10.0 Å². The zero-order valence-corrected chi connectivity index (χ0v) is 17.0. The molecule has 6 nitrogen and oxygen atoms in total. The van der Waals surface area contributed by atoms with Gasteiger partial charge in [0.2, 0.25) is 0 Å². The Hall–Kier alpha value is -2.19. The third kappa shape index (κ3) is 3.91. The van der Waals surface area contributed by atoms with E-state index in [0.717, 1.165) is 43.0 Å². The predicted octanol–water partition coefficient (Wildman–Crippen LogP) is 4.23. The summed E-state index contributed by atoms with van der Waals surface area (Å²) in [4.78, 5) is 0.212. The largest absolute Gasteiger partial charge is 0.311 e. The van der Waals surface area contributed by atoms with Crippen molar-refractivity contribution < 1.29 is 8.42 Å². The number of aryl methyl sites for hydroxylation is 1. The fraction of sp³-hybridized carbons (Fsp3) is 0.263. The molecule has 0 unspecified atom stereocenters. The summed E-state index contributed by atoms with van der Waals surface area (Å²) in [6, 6.07) is 13.9. The molecule has 0 radical (unpaired) electrons. The maximum absolute atomic E-state index is 12.5. The van der Waals surface area contributed by atoms with Crippen LogP contribution in [0.4, 0.5) is 5.69 Å². The summed E-state index contributed by atoms with van der Waals surface area (Å²) in [5, 5.41) is 8.66. The molecule has 0 atom stereocenters. The molecule has 0 spiro atoms. The van der Waals surface area contributed by atoms with Gasteiger partial charge in [-0.1, -0.05) is 28.4 Å². The van der Waals surface area contributed by atoms with Crippen LogP contribution >= 0.6 is 15.9 Å². The van der Waals surface area contributed by atoms with E-state index in [1.165, 1.54) is 6.42 Å². The molecule has 0 saturated carbocycles. The molecule has 0 amide bonds. The molecular weight excluding hydrogens is 428 g/mol. The molecule has 1 aliphatic heterocycles. The van der Waals surface area contributed by atoms with E-state index >= 15 is 0 Å². The van der Waals surface area contributed by atoms with Crippen molar-refractivity contribution in [1.82, 2.24) is 14.8 Å². The van der Waals surface area contributed by atoms with E-state index in [1.54, 1.807) is 36.4 Å². The third-order valence-electron chi connectivity index (χ3n) is 4.61. The fourth-order valence-electron chi connectivity index (χ4n) is 3.23. The Bertz CT molecular complexity index is 1060. The number of halogens is 1. The summed E-state index contributed by atoms with van der Waals surface area (Å²) in [5.41, 5.74) is 1.44. The number of hydrogen-bond donors (Lipinski definition) is 1. The van der Waals surface area contributed by atoms with Gasteiger partial charge in [-0.3, -0.25) is 4.72 Å². The van der Waals surface area contributed by atoms with E-state index in [1.807, 2.05) is 12.1 Å². The van der Waals surface area contributed by atoms with Crippen molar-refractivity contribution >= 4 is 31.6 Å². The first-order valence-electron chi connectivity index (χ1n) is 8.84. The lowest BCUT2D eigenvalue weighted by atomic mass is 10.2. The number of nitrogens with zero attached hydrogens (tertiary/aromatic N) is 3. The highest BCUT2D eigenvalue weighted by atomic mass is 79.9. The Labute approximate surface area is 166 Å². The molecule has 8 heteroatoms. The minimum Gasteiger partial charge on any atom is -0.311 e. The third-order valence-corrected chi connectivity index (χ3v) is 6.48. The van der Waals surface area contributed by atoms with Crippen LogP contribution in [0.15, 0.2) is 57.9 Å². The lowest BCUT2D eigenvalue weighted by molar-refractivity contribution is 0.601. The SMILES string of the molecule is O=S(=O)(Nc1ccc(-c2nnc3n2CCCCC3)cc1)c1cccc(Br)c1. The molecule has 1 aromatic heterocycles. The van der Waals surface area contributed by atoms with Crippen LogP contribution in [0, 0.1) is 0 Å². The van der Waals surface area contributed by atoms with Crippen LogP contribution < -0.4 is 4.72 Å². The van der Waals surface area contributed by atoms with Gasteiger partial charge < -0.3 is 4.57 Å². The van der Waals surface area contributed by atoms with Gasteiger partial charge in [0.15, 0.2) is 5.82 Å². The lowest BCUT2D eigenvalue weighted by Crippen LogP contribution is -2.12. The molecule has 27 heavy (non-hydrogen) atoms. The fourth-order valence-corrected chi connectivity index (χ4v) is 4.89. The van der Waals surface area contributed by atoms with Crippen LogP contribution in [0.1, 0.15) is 25.1 Å². The van der Waals surface area contributed by atoms with Gasteiger partial charge >= 0.3 is 0 Å². The van der Waals surface area contributed by atoms with E-state index in [9.17, 15) is 8.42 Å². The highest BCUT2D eigenvalue weighted by Gasteiger charge is 2.17. The number of sulfonamides is 1. The van der Waals surface area contributed by atoms with Gasteiger partial charge in [0, 0.05) is 28.7 Å². The van der Waals surface area contributed by atoms with E-state index in [0.29, 0.717) is 10.2 Å². The smallest absolute Gasteiger partial charge is 0.261 e. The van der Waals surface area contributed by atoms with E-state index < -0.39 is 10.0 Å². The van der Waals surface area contributed by atoms with Gasteiger partial charge in [-0.2, -0.15) is 0 Å². The average molecular weight is 447 g/mol. The maximum atomic E-state index is 12.5. The molecule has 1 N–H and O–H groups in total. The topological polar surface area (TPSA) is 76.9 Å². The number of hydrogen-bond acceptors (Lipinski definition) is 4. The number of fused-ring (bicyclic) bond motifs is 1. The molecular formula is C19H19BrN4O2S. The normalized spacial score (nSPS) is 14.4. The Morgan fingerprint density at radius 3 is 2.59 bits per heavy atom. The highest BCUT2D eigenvalue weighted by Crippen LogP contribution is 2.25. The summed E-state index contributed by atoms with van der Waals surface area (Å²) in [5.74, 6) is 1.87. The number of anilines is 1. The highest BCUT2D eigenvalue weighted by molar-refractivity contribution is 9.10. The summed E-state index contributed by atoms with van der Waals surface area (Å²) in [7, 11) is -3.63. The Kier molecular flexibility index (Phi) is 5.01. The summed E-state index contributed by atoms with van der Waals surface area (Å²) < 4.78 is 30.6. The lowest BCUT2D eigenvalue weighted by Gasteiger charge is -2.10. The first-order chi connectivity index (χ1) is 13.0. The zero-order valence-electron chi connectivity index (χ0n) is 14.6. The van der Waals surface area contributed by atoms with Crippen LogP contribution in [-0.4, -0.2) is 23.2 Å². The Morgan fingerprint density at radius 2 is 1.81 bits per heavy atom. The maximum Gasteiger partial charge on any atom is 0.261 e. The summed E-state index contributed by atoms with van der Waals surface area (Å²) >= 11 is 3.30. The van der Waals surface area contributed by atoms with Crippen LogP contribution in [0.5, 0.6) is 0 Å². The van der Waals surface area contributed by atoms with Gasteiger partial charge in [-0.25, -0.2) is 8.42 Å². The van der Waals surface area contributed by atoms with Crippen LogP contribution in [0.2, 0.25) is 0 Å². The van der Waals surface area contributed by atoms with Gasteiger partial charge in [0.1, 0.15) is 5.82 Å². The van der Waals surface area contributed by atoms with Crippen molar-refractivity contribution in [3.8, 4) is 11.4 Å². The zero-order chi connectivity index (χ0) is 18.9.